The first kappa shape index (κ1) is 17.1. The van der Waals surface area contributed by atoms with E-state index >= 15 is 0 Å². The Kier molecular flexibility index (Phi) is 4.76. The number of nitrogens with one attached hydrogen (secondary N) is 1. The zero-order chi connectivity index (χ0) is 17.3. The summed E-state index contributed by atoms with van der Waals surface area (Å²) >= 11 is 13.5. The lowest BCUT2D eigenvalue weighted by atomic mass is 9.99. The van der Waals surface area contributed by atoms with Gasteiger partial charge in [-0.25, -0.2) is 9.48 Å². The Morgan fingerprint density at radius 1 is 1.38 bits per heavy atom. The molecule has 3 rings (SSSR count). The minimum absolute atomic E-state index is 0.263. The summed E-state index contributed by atoms with van der Waals surface area (Å²) in [5, 5.41) is 17.1. The van der Waals surface area contributed by atoms with Crippen LogP contribution in [0.2, 0.25) is 10.0 Å². The second kappa shape index (κ2) is 6.66. The first-order chi connectivity index (χ1) is 11.4. The molecule has 1 aliphatic heterocycles. The van der Waals surface area contributed by atoms with E-state index < -0.39 is 17.4 Å². The summed E-state index contributed by atoms with van der Waals surface area (Å²) in [5.41, 5.74) is -0.384. The first-order valence-corrected chi connectivity index (χ1v) is 8.96. The predicted octanol–water partition coefficient (Wildman–Crippen LogP) is 2.87. The SMILES string of the molecule is O=C(NC1(C(=O)O)CCSC1)c1cnn(-c2ccc(Cl)cc2Cl)c1. The maximum atomic E-state index is 12.4. The third-order valence-corrected chi connectivity index (χ3v) is 5.51. The van der Waals surface area contributed by atoms with Crippen LogP contribution in [-0.4, -0.2) is 43.8 Å². The highest BCUT2D eigenvalue weighted by Gasteiger charge is 2.43. The summed E-state index contributed by atoms with van der Waals surface area (Å²) in [6.07, 6.45) is 3.27. The molecular formula is C15H13Cl2N3O3S. The van der Waals surface area contributed by atoms with Gasteiger partial charge in [0.25, 0.3) is 5.91 Å². The van der Waals surface area contributed by atoms with E-state index in [-0.39, 0.29) is 5.56 Å². The number of thioether (sulfide) groups is 1. The number of carbonyl (C=O) groups excluding carboxylic acids is 1. The maximum Gasteiger partial charge on any atom is 0.330 e. The standard InChI is InChI=1S/C15H13Cl2N3O3S/c16-10-1-2-12(11(17)5-10)20-7-9(6-18-20)13(21)19-15(14(22)23)3-4-24-8-15/h1-2,5-7H,3-4,8H2,(H,19,21)(H,22,23). The summed E-state index contributed by atoms with van der Waals surface area (Å²) in [4.78, 5) is 23.9. The molecule has 1 aromatic carbocycles. The maximum absolute atomic E-state index is 12.4. The Labute approximate surface area is 152 Å². The first-order valence-electron chi connectivity index (χ1n) is 7.05. The van der Waals surface area contributed by atoms with Gasteiger partial charge in [0.1, 0.15) is 5.54 Å². The Hall–Kier alpha value is -1.70. The summed E-state index contributed by atoms with van der Waals surface area (Å²) < 4.78 is 1.45. The van der Waals surface area contributed by atoms with Crippen molar-refractivity contribution in [2.75, 3.05) is 11.5 Å². The van der Waals surface area contributed by atoms with Crippen LogP contribution >= 0.6 is 35.0 Å². The van der Waals surface area contributed by atoms with Crippen LogP contribution in [0, 0.1) is 0 Å². The number of hydrogen-bond donors (Lipinski definition) is 2. The molecule has 2 heterocycles. The van der Waals surface area contributed by atoms with E-state index in [0.29, 0.717) is 33.7 Å². The van der Waals surface area contributed by atoms with Crippen molar-refractivity contribution in [2.45, 2.75) is 12.0 Å². The number of amides is 1. The molecule has 0 saturated carbocycles. The quantitative estimate of drug-likeness (QED) is 0.844. The van der Waals surface area contributed by atoms with Crippen LogP contribution in [0.15, 0.2) is 30.6 Å². The van der Waals surface area contributed by atoms with Crippen molar-refractivity contribution in [1.29, 1.82) is 0 Å². The highest BCUT2D eigenvalue weighted by atomic mass is 35.5. The van der Waals surface area contributed by atoms with Gasteiger partial charge in [0, 0.05) is 17.0 Å². The van der Waals surface area contributed by atoms with Gasteiger partial charge in [-0.15, -0.1) is 0 Å². The molecule has 2 N–H and O–H groups in total. The number of hydrogen-bond acceptors (Lipinski definition) is 4. The third-order valence-electron chi connectivity index (χ3n) is 3.79. The van der Waals surface area contributed by atoms with Gasteiger partial charge in [-0.3, -0.25) is 4.79 Å². The molecule has 1 saturated heterocycles. The van der Waals surface area contributed by atoms with Crippen LogP contribution in [0.4, 0.5) is 0 Å². The topological polar surface area (TPSA) is 84.2 Å². The molecule has 6 nitrogen and oxygen atoms in total. The number of halogens is 2. The van der Waals surface area contributed by atoms with Crippen molar-refractivity contribution in [3.05, 3.63) is 46.2 Å². The fraction of sp³-hybridized carbons (Fsp3) is 0.267. The van der Waals surface area contributed by atoms with Crippen LogP contribution in [0.5, 0.6) is 0 Å². The van der Waals surface area contributed by atoms with Gasteiger partial charge in [0.05, 0.1) is 22.5 Å². The molecule has 24 heavy (non-hydrogen) atoms. The molecule has 1 aromatic heterocycles. The van der Waals surface area contributed by atoms with E-state index in [1.807, 2.05) is 0 Å². The normalized spacial score (nSPS) is 20.1. The van der Waals surface area contributed by atoms with Gasteiger partial charge >= 0.3 is 5.97 Å². The van der Waals surface area contributed by atoms with E-state index in [0.717, 1.165) is 0 Å². The third kappa shape index (κ3) is 3.24. The number of carboxylic acid groups (broad SMARTS) is 1. The van der Waals surface area contributed by atoms with Gasteiger partial charge < -0.3 is 10.4 Å². The molecule has 1 unspecified atom stereocenters. The molecule has 9 heteroatoms. The number of carboxylic acids is 1. The average molecular weight is 386 g/mol. The molecular weight excluding hydrogens is 373 g/mol. The summed E-state index contributed by atoms with van der Waals surface area (Å²) in [5.74, 6) is -0.442. The number of aromatic nitrogens is 2. The van der Waals surface area contributed by atoms with Crippen LogP contribution in [0.25, 0.3) is 5.69 Å². The van der Waals surface area contributed by atoms with Gasteiger partial charge in [-0.1, -0.05) is 23.2 Å². The smallest absolute Gasteiger partial charge is 0.330 e. The van der Waals surface area contributed by atoms with E-state index in [1.165, 1.54) is 28.8 Å². The molecule has 1 amide bonds. The molecule has 1 fully saturated rings. The van der Waals surface area contributed by atoms with Crippen LogP contribution < -0.4 is 5.32 Å². The van der Waals surface area contributed by atoms with E-state index in [2.05, 4.69) is 10.4 Å². The molecule has 0 radical (unpaired) electrons. The highest BCUT2D eigenvalue weighted by Crippen LogP contribution is 2.29. The minimum Gasteiger partial charge on any atom is -0.479 e. The van der Waals surface area contributed by atoms with E-state index in [4.69, 9.17) is 23.2 Å². The van der Waals surface area contributed by atoms with Crippen molar-refractivity contribution >= 4 is 46.8 Å². The molecule has 0 aliphatic carbocycles. The highest BCUT2D eigenvalue weighted by molar-refractivity contribution is 7.99. The molecule has 0 bridgehead atoms. The van der Waals surface area contributed by atoms with Gasteiger partial charge in [-0.05, 0) is 30.4 Å². The lowest BCUT2D eigenvalue weighted by molar-refractivity contribution is -0.143. The fourth-order valence-electron chi connectivity index (χ4n) is 2.41. The minimum atomic E-state index is -1.22. The van der Waals surface area contributed by atoms with Crippen molar-refractivity contribution in [3.8, 4) is 5.69 Å². The predicted molar refractivity (Wildman–Crippen MR) is 93.4 cm³/mol. The zero-order valence-corrected chi connectivity index (χ0v) is 14.7. The van der Waals surface area contributed by atoms with Crippen molar-refractivity contribution in [3.63, 3.8) is 0 Å². The summed E-state index contributed by atoms with van der Waals surface area (Å²) in [7, 11) is 0. The molecule has 2 aromatic rings. The van der Waals surface area contributed by atoms with Crippen molar-refractivity contribution in [2.24, 2.45) is 0 Å². The largest absolute Gasteiger partial charge is 0.479 e. The lowest BCUT2D eigenvalue weighted by Gasteiger charge is -2.24. The zero-order valence-electron chi connectivity index (χ0n) is 12.3. The van der Waals surface area contributed by atoms with Crippen LogP contribution in [-0.2, 0) is 4.79 Å². The number of benzene rings is 1. The number of nitrogens with zero attached hydrogens (tertiary/aromatic N) is 2. The van der Waals surface area contributed by atoms with Gasteiger partial charge in [0.15, 0.2) is 0 Å². The Morgan fingerprint density at radius 2 is 2.17 bits per heavy atom. The van der Waals surface area contributed by atoms with Gasteiger partial charge in [-0.2, -0.15) is 16.9 Å². The monoisotopic (exact) mass is 385 g/mol. The lowest BCUT2D eigenvalue weighted by Crippen LogP contribution is -2.54. The fourth-order valence-corrected chi connectivity index (χ4v) is 4.23. The molecule has 126 valence electrons. The summed E-state index contributed by atoms with van der Waals surface area (Å²) in [6, 6.07) is 4.93. The Morgan fingerprint density at radius 3 is 2.79 bits per heavy atom. The van der Waals surface area contributed by atoms with Crippen molar-refractivity contribution in [1.82, 2.24) is 15.1 Å². The number of rotatable bonds is 4. The van der Waals surface area contributed by atoms with Gasteiger partial charge in [0.2, 0.25) is 0 Å². The number of carbonyl (C=O) groups is 2. The second-order valence-corrected chi connectivity index (χ2v) is 7.36. The van der Waals surface area contributed by atoms with E-state index in [1.54, 1.807) is 18.2 Å². The van der Waals surface area contributed by atoms with Crippen LogP contribution in [0.3, 0.4) is 0 Å². The number of aliphatic carboxylic acids is 1. The van der Waals surface area contributed by atoms with Crippen LogP contribution in [0.1, 0.15) is 16.8 Å². The molecule has 0 spiro atoms. The Balaban J connectivity index is 1.82. The van der Waals surface area contributed by atoms with Crippen molar-refractivity contribution < 1.29 is 14.7 Å². The summed E-state index contributed by atoms with van der Waals surface area (Å²) in [6.45, 7) is 0. The Bertz CT molecular complexity index is 803. The van der Waals surface area contributed by atoms with E-state index in [9.17, 15) is 14.7 Å². The molecule has 1 aliphatic rings. The second-order valence-electron chi connectivity index (χ2n) is 5.41. The average Bonchev–Trinajstić information content (AvgIpc) is 3.17. The molecule has 1 atom stereocenters.